The van der Waals surface area contributed by atoms with E-state index in [1.807, 2.05) is 13.0 Å². The molecule has 0 spiro atoms. The molecule has 2 aromatic carbocycles. The van der Waals surface area contributed by atoms with Crippen LogP contribution in [0.4, 0.5) is 0 Å². The lowest BCUT2D eigenvalue weighted by molar-refractivity contribution is 0.0595. The van der Waals surface area contributed by atoms with Crippen molar-refractivity contribution < 1.29 is 17.9 Å². The summed E-state index contributed by atoms with van der Waals surface area (Å²) in [5.74, 6) is -0.623. The summed E-state index contributed by atoms with van der Waals surface area (Å²) < 4.78 is 30.9. The molecule has 0 aliphatic rings. The van der Waals surface area contributed by atoms with Gasteiger partial charge in [-0.3, -0.25) is 0 Å². The number of H-pyrrole nitrogens is 1. The molecule has 0 aliphatic heterocycles. The number of nitrogens with one attached hydrogen (secondary N) is 1. The molecular weight excluding hydrogens is 338 g/mol. The highest BCUT2D eigenvalue weighted by Gasteiger charge is 2.26. The van der Waals surface area contributed by atoms with Crippen molar-refractivity contribution in [3.05, 3.63) is 71.9 Å². The summed E-state index contributed by atoms with van der Waals surface area (Å²) in [6.45, 7) is 1.89. The topological polar surface area (TPSA) is 76.2 Å². The van der Waals surface area contributed by atoms with Crippen LogP contribution in [0.15, 0.2) is 70.5 Å². The predicted octanol–water partition coefficient (Wildman–Crippen LogP) is 3.61. The van der Waals surface area contributed by atoms with Gasteiger partial charge in [-0.05, 0) is 30.7 Å². The van der Waals surface area contributed by atoms with Gasteiger partial charge in [0.2, 0.25) is 9.84 Å². The van der Waals surface area contributed by atoms with Gasteiger partial charge in [0.05, 0.1) is 22.6 Å². The zero-order valence-corrected chi connectivity index (χ0v) is 14.6. The number of sulfone groups is 1. The Bertz CT molecular complexity index is 1000. The molecule has 1 aromatic heterocycles. The van der Waals surface area contributed by atoms with Crippen LogP contribution in [0.5, 0.6) is 0 Å². The molecule has 0 unspecified atom stereocenters. The van der Waals surface area contributed by atoms with E-state index < -0.39 is 15.8 Å². The van der Waals surface area contributed by atoms with E-state index in [0.29, 0.717) is 11.3 Å². The van der Waals surface area contributed by atoms with E-state index in [4.69, 9.17) is 4.74 Å². The third-order valence-electron chi connectivity index (χ3n) is 3.87. The Balaban J connectivity index is 2.22. The summed E-state index contributed by atoms with van der Waals surface area (Å²) in [5.41, 5.74) is 2.09. The minimum absolute atomic E-state index is 0.0444. The molecule has 0 saturated heterocycles. The summed E-state index contributed by atoms with van der Waals surface area (Å²) >= 11 is 0. The monoisotopic (exact) mass is 355 g/mol. The van der Waals surface area contributed by atoms with Crippen molar-refractivity contribution >= 4 is 15.8 Å². The maximum absolute atomic E-state index is 13.1. The summed E-state index contributed by atoms with van der Waals surface area (Å²) in [4.78, 5) is 15.0. The van der Waals surface area contributed by atoms with E-state index in [1.54, 1.807) is 48.5 Å². The maximum Gasteiger partial charge on any atom is 0.354 e. The number of carbonyl (C=O) groups is 1. The molecule has 0 radical (unpaired) electrons. The number of methoxy groups -OCH3 is 1. The van der Waals surface area contributed by atoms with Gasteiger partial charge in [0.25, 0.3) is 0 Å². The highest BCUT2D eigenvalue weighted by atomic mass is 32.2. The van der Waals surface area contributed by atoms with Gasteiger partial charge in [0.15, 0.2) is 0 Å². The number of aromatic nitrogens is 1. The SMILES string of the molecule is COC(=O)c1cc(S(=O)(=O)c2ccc(C)cc2)c(-c2ccccc2)[nH]1. The summed E-state index contributed by atoms with van der Waals surface area (Å²) in [6.07, 6.45) is 0. The summed E-state index contributed by atoms with van der Waals surface area (Å²) in [5, 5.41) is 0. The van der Waals surface area contributed by atoms with Crippen molar-refractivity contribution in [2.45, 2.75) is 16.7 Å². The van der Waals surface area contributed by atoms with E-state index in [-0.39, 0.29) is 15.5 Å². The number of rotatable bonds is 4. The smallest absolute Gasteiger partial charge is 0.354 e. The number of carbonyl (C=O) groups excluding carboxylic acids is 1. The number of aromatic amines is 1. The average molecular weight is 355 g/mol. The Hall–Kier alpha value is -2.86. The van der Waals surface area contributed by atoms with Gasteiger partial charge < -0.3 is 9.72 Å². The molecular formula is C19H17NO4S. The molecule has 6 heteroatoms. The molecule has 0 bridgehead atoms. The minimum Gasteiger partial charge on any atom is -0.464 e. The van der Waals surface area contributed by atoms with Crippen molar-refractivity contribution in [2.24, 2.45) is 0 Å². The van der Waals surface area contributed by atoms with Crippen LogP contribution in [0.3, 0.4) is 0 Å². The van der Waals surface area contributed by atoms with Crippen LogP contribution < -0.4 is 0 Å². The van der Waals surface area contributed by atoms with Crippen molar-refractivity contribution in [2.75, 3.05) is 7.11 Å². The van der Waals surface area contributed by atoms with Gasteiger partial charge in [-0.2, -0.15) is 0 Å². The number of ether oxygens (including phenoxy) is 1. The first-order valence-corrected chi connectivity index (χ1v) is 9.10. The van der Waals surface area contributed by atoms with Gasteiger partial charge in [0.1, 0.15) is 5.69 Å². The molecule has 3 aromatic rings. The molecule has 0 amide bonds. The first-order valence-electron chi connectivity index (χ1n) is 7.62. The Kier molecular flexibility index (Phi) is 4.46. The molecule has 0 saturated carbocycles. The lowest BCUT2D eigenvalue weighted by Crippen LogP contribution is -2.03. The Morgan fingerprint density at radius 3 is 2.24 bits per heavy atom. The van der Waals surface area contributed by atoms with Crippen LogP contribution >= 0.6 is 0 Å². The van der Waals surface area contributed by atoms with Gasteiger partial charge >= 0.3 is 5.97 Å². The van der Waals surface area contributed by atoms with Crippen LogP contribution in [-0.4, -0.2) is 26.5 Å². The highest BCUT2D eigenvalue weighted by Crippen LogP contribution is 2.32. The van der Waals surface area contributed by atoms with Gasteiger partial charge in [-0.15, -0.1) is 0 Å². The van der Waals surface area contributed by atoms with E-state index >= 15 is 0 Å². The molecule has 128 valence electrons. The molecule has 0 fully saturated rings. The first kappa shape index (κ1) is 17.0. The van der Waals surface area contributed by atoms with E-state index in [2.05, 4.69) is 4.98 Å². The molecule has 25 heavy (non-hydrogen) atoms. The minimum atomic E-state index is -3.79. The second-order valence-corrected chi connectivity index (χ2v) is 7.51. The lowest BCUT2D eigenvalue weighted by atomic mass is 10.2. The first-order chi connectivity index (χ1) is 11.9. The number of hydrogen-bond acceptors (Lipinski definition) is 4. The Morgan fingerprint density at radius 1 is 1.00 bits per heavy atom. The fraction of sp³-hybridized carbons (Fsp3) is 0.105. The summed E-state index contributed by atoms with van der Waals surface area (Å²) in [7, 11) is -2.54. The molecule has 1 heterocycles. The number of esters is 1. The average Bonchev–Trinajstić information content (AvgIpc) is 3.08. The van der Waals surface area contributed by atoms with Gasteiger partial charge in [-0.25, -0.2) is 13.2 Å². The summed E-state index contributed by atoms with van der Waals surface area (Å²) in [6, 6.07) is 16.9. The van der Waals surface area contributed by atoms with Crippen LogP contribution in [-0.2, 0) is 14.6 Å². The molecule has 3 rings (SSSR count). The van der Waals surface area contributed by atoms with Crippen LogP contribution in [0.1, 0.15) is 16.1 Å². The third kappa shape index (κ3) is 3.21. The molecule has 0 aliphatic carbocycles. The number of benzene rings is 2. The van der Waals surface area contributed by atoms with Crippen molar-refractivity contribution in [1.29, 1.82) is 0 Å². The van der Waals surface area contributed by atoms with E-state index in [9.17, 15) is 13.2 Å². The van der Waals surface area contributed by atoms with Crippen molar-refractivity contribution in [1.82, 2.24) is 4.98 Å². The maximum atomic E-state index is 13.1. The fourth-order valence-electron chi connectivity index (χ4n) is 2.53. The number of aryl methyl sites for hydroxylation is 1. The zero-order chi connectivity index (χ0) is 18.0. The Labute approximate surface area is 146 Å². The van der Waals surface area contributed by atoms with Crippen molar-refractivity contribution in [3.8, 4) is 11.3 Å². The van der Waals surface area contributed by atoms with E-state index in [0.717, 1.165) is 5.56 Å². The Morgan fingerprint density at radius 2 is 1.64 bits per heavy atom. The van der Waals surface area contributed by atoms with Crippen LogP contribution in [0, 0.1) is 6.92 Å². The largest absolute Gasteiger partial charge is 0.464 e. The highest BCUT2D eigenvalue weighted by molar-refractivity contribution is 7.91. The van der Waals surface area contributed by atoms with E-state index in [1.165, 1.54) is 13.2 Å². The quantitative estimate of drug-likeness (QED) is 0.725. The van der Waals surface area contributed by atoms with Crippen LogP contribution in [0.25, 0.3) is 11.3 Å². The normalized spacial score (nSPS) is 11.3. The molecule has 1 N–H and O–H groups in total. The standard InChI is InChI=1S/C19H17NO4S/c1-13-8-10-15(11-9-13)25(22,23)17-12-16(19(21)24-2)20-18(17)14-6-4-3-5-7-14/h3-12,20H,1-2H3. The molecule has 5 nitrogen and oxygen atoms in total. The van der Waals surface area contributed by atoms with Gasteiger partial charge in [0, 0.05) is 0 Å². The molecule has 0 atom stereocenters. The van der Waals surface area contributed by atoms with Crippen LogP contribution in [0.2, 0.25) is 0 Å². The zero-order valence-electron chi connectivity index (χ0n) is 13.8. The number of hydrogen-bond donors (Lipinski definition) is 1. The third-order valence-corrected chi connectivity index (χ3v) is 5.66. The van der Waals surface area contributed by atoms with Gasteiger partial charge in [-0.1, -0.05) is 48.0 Å². The van der Waals surface area contributed by atoms with Crippen molar-refractivity contribution in [3.63, 3.8) is 0 Å². The second-order valence-electron chi connectivity index (χ2n) is 5.60. The second kappa shape index (κ2) is 6.57. The fourth-order valence-corrected chi connectivity index (χ4v) is 3.99. The predicted molar refractivity (Wildman–Crippen MR) is 94.2 cm³/mol. The lowest BCUT2D eigenvalue weighted by Gasteiger charge is -2.07.